The summed E-state index contributed by atoms with van der Waals surface area (Å²) in [5.41, 5.74) is 6.86. The van der Waals surface area contributed by atoms with E-state index in [9.17, 15) is 4.39 Å². The molecule has 0 radical (unpaired) electrons. The average molecular weight is 209 g/mol. The second-order valence-electron chi connectivity index (χ2n) is 4.58. The molecule has 0 atom stereocenters. The zero-order chi connectivity index (χ0) is 11.3. The third-order valence-corrected chi connectivity index (χ3v) is 2.43. The lowest BCUT2D eigenvalue weighted by Crippen LogP contribution is -2.12. The summed E-state index contributed by atoms with van der Waals surface area (Å²) < 4.78 is 13.3. The summed E-state index contributed by atoms with van der Waals surface area (Å²) in [5, 5.41) is 0. The number of hydrogen-bond acceptors (Lipinski definition) is 1. The molecule has 15 heavy (non-hydrogen) atoms. The monoisotopic (exact) mass is 209 g/mol. The highest BCUT2D eigenvalue weighted by atomic mass is 19.1. The van der Waals surface area contributed by atoms with Gasteiger partial charge in [-0.15, -0.1) is 0 Å². The molecule has 1 aromatic rings. The fraction of sp³-hybridized carbons (Fsp3) is 0.538. The summed E-state index contributed by atoms with van der Waals surface area (Å²) in [6, 6.07) is 8.26. The van der Waals surface area contributed by atoms with E-state index < -0.39 is 5.67 Å². The summed E-state index contributed by atoms with van der Waals surface area (Å²) in [5.74, 6) is 0. The maximum Gasteiger partial charge on any atom is 0.105 e. The summed E-state index contributed by atoms with van der Waals surface area (Å²) in [6.45, 7) is 3.91. The second kappa shape index (κ2) is 5.26. The third kappa shape index (κ3) is 4.93. The highest BCUT2D eigenvalue weighted by molar-refractivity contribution is 5.24. The minimum atomic E-state index is -1.08. The van der Waals surface area contributed by atoms with Gasteiger partial charge in [0.2, 0.25) is 0 Å². The van der Waals surface area contributed by atoms with Crippen molar-refractivity contribution in [1.82, 2.24) is 0 Å². The Bertz CT molecular complexity index is 302. The molecule has 0 bridgehead atoms. The number of rotatable bonds is 5. The van der Waals surface area contributed by atoms with E-state index in [0.29, 0.717) is 13.0 Å². The van der Waals surface area contributed by atoms with Crippen LogP contribution in [0.2, 0.25) is 0 Å². The number of benzene rings is 1. The fourth-order valence-electron chi connectivity index (χ4n) is 1.55. The van der Waals surface area contributed by atoms with Crippen molar-refractivity contribution in [3.8, 4) is 0 Å². The first-order chi connectivity index (χ1) is 7.01. The molecule has 0 fully saturated rings. The second-order valence-corrected chi connectivity index (χ2v) is 4.58. The van der Waals surface area contributed by atoms with E-state index in [2.05, 4.69) is 12.1 Å². The van der Waals surface area contributed by atoms with Gasteiger partial charge in [0, 0.05) is 0 Å². The first-order valence-corrected chi connectivity index (χ1v) is 5.48. The van der Waals surface area contributed by atoms with Crippen LogP contribution in [0.4, 0.5) is 4.39 Å². The highest BCUT2D eigenvalue weighted by Crippen LogP contribution is 2.18. The van der Waals surface area contributed by atoms with Crippen molar-refractivity contribution in [2.75, 3.05) is 6.54 Å². The summed E-state index contributed by atoms with van der Waals surface area (Å²) in [6.07, 6.45) is 2.26. The van der Waals surface area contributed by atoms with Crippen molar-refractivity contribution >= 4 is 0 Å². The molecule has 2 N–H and O–H groups in total. The molecule has 0 aliphatic heterocycles. The van der Waals surface area contributed by atoms with Crippen LogP contribution in [0.25, 0.3) is 0 Å². The summed E-state index contributed by atoms with van der Waals surface area (Å²) in [4.78, 5) is 0. The molecule has 0 saturated heterocycles. The molecule has 0 aliphatic carbocycles. The lowest BCUT2D eigenvalue weighted by Gasteiger charge is -2.13. The molecule has 0 spiro atoms. The molecule has 1 aromatic carbocycles. The molecule has 1 rings (SSSR count). The molecule has 0 saturated carbocycles. The summed E-state index contributed by atoms with van der Waals surface area (Å²) in [7, 11) is 0. The Hall–Kier alpha value is -0.890. The molecule has 2 heteroatoms. The molecular weight excluding hydrogens is 189 g/mol. The van der Waals surface area contributed by atoms with Gasteiger partial charge in [-0.05, 0) is 50.8 Å². The topological polar surface area (TPSA) is 26.0 Å². The van der Waals surface area contributed by atoms with Crippen molar-refractivity contribution in [2.24, 2.45) is 5.73 Å². The molecule has 0 aliphatic rings. The van der Waals surface area contributed by atoms with E-state index in [0.717, 1.165) is 12.8 Å². The molecule has 0 unspecified atom stereocenters. The Morgan fingerprint density at radius 3 is 2.33 bits per heavy atom. The first kappa shape index (κ1) is 12.2. The zero-order valence-electron chi connectivity index (χ0n) is 9.59. The maximum atomic E-state index is 13.3. The zero-order valence-corrected chi connectivity index (χ0v) is 9.59. The fourth-order valence-corrected chi connectivity index (χ4v) is 1.55. The van der Waals surface area contributed by atoms with Crippen molar-refractivity contribution in [2.45, 2.75) is 38.8 Å². The Morgan fingerprint density at radius 1 is 1.20 bits per heavy atom. The van der Waals surface area contributed by atoms with E-state index in [-0.39, 0.29) is 0 Å². The Labute approximate surface area is 91.5 Å². The van der Waals surface area contributed by atoms with Crippen LogP contribution in [-0.2, 0) is 12.8 Å². The normalized spacial score (nSPS) is 11.7. The van der Waals surface area contributed by atoms with E-state index in [4.69, 9.17) is 5.73 Å². The van der Waals surface area contributed by atoms with Crippen LogP contribution in [-0.4, -0.2) is 12.2 Å². The molecule has 1 nitrogen and oxygen atoms in total. The lowest BCUT2D eigenvalue weighted by molar-refractivity contribution is 0.202. The van der Waals surface area contributed by atoms with Gasteiger partial charge in [0.1, 0.15) is 5.67 Å². The van der Waals surface area contributed by atoms with Crippen molar-refractivity contribution in [1.29, 1.82) is 0 Å². The highest BCUT2D eigenvalue weighted by Gasteiger charge is 2.14. The van der Waals surface area contributed by atoms with Crippen LogP contribution in [0.3, 0.4) is 0 Å². The predicted octanol–water partition coefficient (Wildman–Crippen LogP) is 2.87. The molecular formula is C13H20FN. The van der Waals surface area contributed by atoms with Crippen LogP contribution in [0, 0.1) is 0 Å². The Morgan fingerprint density at radius 2 is 1.80 bits per heavy atom. The van der Waals surface area contributed by atoms with Gasteiger partial charge in [0.05, 0.1) is 0 Å². The lowest BCUT2D eigenvalue weighted by atomic mass is 9.98. The van der Waals surface area contributed by atoms with E-state index >= 15 is 0 Å². The van der Waals surface area contributed by atoms with Crippen LogP contribution in [0.15, 0.2) is 24.3 Å². The number of aryl methyl sites for hydroxylation is 1. The molecule has 0 heterocycles. The van der Waals surface area contributed by atoms with Gasteiger partial charge in [-0.3, -0.25) is 0 Å². The number of halogens is 1. The summed E-state index contributed by atoms with van der Waals surface area (Å²) >= 11 is 0. The van der Waals surface area contributed by atoms with Gasteiger partial charge in [-0.2, -0.15) is 0 Å². The third-order valence-electron chi connectivity index (χ3n) is 2.43. The Kier molecular flexibility index (Phi) is 4.28. The van der Waals surface area contributed by atoms with Gasteiger partial charge in [0.15, 0.2) is 0 Å². The number of alkyl halides is 1. The van der Waals surface area contributed by atoms with E-state index in [1.165, 1.54) is 11.1 Å². The van der Waals surface area contributed by atoms with Crippen molar-refractivity contribution < 1.29 is 4.39 Å². The smallest absolute Gasteiger partial charge is 0.105 e. The molecule has 0 amide bonds. The number of hydrogen-bond donors (Lipinski definition) is 1. The Balaban J connectivity index is 2.57. The standard InChI is InChI=1S/C13H20FN/c1-13(2,14)8-6-11-4-3-5-12(10-11)7-9-15/h3-5,10H,6-9,15H2,1-2H3. The van der Waals surface area contributed by atoms with Crippen LogP contribution in [0.1, 0.15) is 31.4 Å². The van der Waals surface area contributed by atoms with Gasteiger partial charge in [-0.1, -0.05) is 24.3 Å². The van der Waals surface area contributed by atoms with Crippen molar-refractivity contribution in [3.05, 3.63) is 35.4 Å². The predicted molar refractivity (Wildman–Crippen MR) is 62.7 cm³/mol. The van der Waals surface area contributed by atoms with Gasteiger partial charge >= 0.3 is 0 Å². The quantitative estimate of drug-likeness (QED) is 0.793. The van der Waals surface area contributed by atoms with Gasteiger partial charge in [-0.25, -0.2) is 4.39 Å². The molecule has 0 aromatic heterocycles. The minimum Gasteiger partial charge on any atom is -0.330 e. The van der Waals surface area contributed by atoms with Crippen LogP contribution < -0.4 is 5.73 Å². The first-order valence-electron chi connectivity index (χ1n) is 5.48. The molecule has 84 valence electrons. The SMILES string of the molecule is CC(C)(F)CCc1cccc(CCN)c1. The van der Waals surface area contributed by atoms with E-state index in [1.807, 2.05) is 12.1 Å². The van der Waals surface area contributed by atoms with Crippen LogP contribution in [0.5, 0.6) is 0 Å². The van der Waals surface area contributed by atoms with Gasteiger partial charge in [0.25, 0.3) is 0 Å². The van der Waals surface area contributed by atoms with Crippen molar-refractivity contribution in [3.63, 3.8) is 0 Å². The number of nitrogens with two attached hydrogens (primary N) is 1. The largest absolute Gasteiger partial charge is 0.330 e. The average Bonchev–Trinajstić information content (AvgIpc) is 2.15. The maximum absolute atomic E-state index is 13.3. The van der Waals surface area contributed by atoms with E-state index in [1.54, 1.807) is 13.8 Å². The van der Waals surface area contributed by atoms with Gasteiger partial charge < -0.3 is 5.73 Å². The van der Waals surface area contributed by atoms with Crippen LogP contribution >= 0.6 is 0 Å². The minimum absolute atomic E-state index is 0.569.